The number of fused-ring (bicyclic) bond motifs is 1. The first-order chi connectivity index (χ1) is 9.47. The van der Waals surface area contributed by atoms with E-state index in [9.17, 15) is 0 Å². The van der Waals surface area contributed by atoms with Crippen LogP contribution in [-0.4, -0.2) is 23.5 Å². The molecule has 2 aromatic rings. The predicted molar refractivity (Wildman–Crippen MR) is 86.8 cm³/mol. The SMILES string of the molecule is CC(C)NC(N)=NCCc1c[nH]c2cc(Cl)cc(Cl)c12. The summed E-state index contributed by atoms with van der Waals surface area (Å²) in [6.45, 7) is 4.65. The molecule has 0 saturated carbocycles. The van der Waals surface area contributed by atoms with Crippen molar-refractivity contribution in [2.75, 3.05) is 6.54 Å². The van der Waals surface area contributed by atoms with Gasteiger partial charge in [0, 0.05) is 34.7 Å². The molecule has 1 aromatic heterocycles. The molecule has 4 N–H and O–H groups in total. The number of H-pyrrole nitrogens is 1. The van der Waals surface area contributed by atoms with E-state index >= 15 is 0 Å². The minimum absolute atomic E-state index is 0.281. The Morgan fingerprint density at radius 3 is 2.85 bits per heavy atom. The predicted octanol–water partition coefficient (Wildman–Crippen LogP) is 3.33. The first kappa shape index (κ1) is 15.0. The van der Waals surface area contributed by atoms with Crippen molar-refractivity contribution in [3.8, 4) is 0 Å². The quantitative estimate of drug-likeness (QED) is 0.599. The van der Waals surface area contributed by atoms with E-state index in [1.165, 1.54) is 0 Å². The van der Waals surface area contributed by atoms with Gasteiger partial charge in [-0.3, -0.25) is 4.99 Å². The molecule has 0 radical (unpaired) electrons. The number of aliphatic imine (C=N–C) groups is 1. The van der Waals surface area contributed by atoms with Crippen LogP contribution >= 0.6 is 23.2 Å². The smallest absolute Gasteiger partial charge is 0.188 e. The molecule has 4 nitrogen and oxygen atoms in total. The zero-order valence-corrected chi connectivity index (χ0v) is 13.0. The Labute approximate surface area is 128 Å². The average molecular weight is 313 g/mol. The molecule has 0 aliphatic carbocycles. The summed E-state index contributed by atoms with van der Waals surface area (Å²) in [6.07, 6.45) is 2.70. The lowest BCUT2D eigenvalue weighted by Crippen LogP contribution is -2.36. The van der Waals surface area contributed by atoms with Crippen LogP contribution in [-0.2, 0) is 6.42 Å². The summed E-state index contributed by atoms with van der Waals surface area (Å²) in [5.74, 6) is 0.467. The molecule has 0 saturated heterocycles. The number of hydrogen-bond donors (Lipinski definition) is 3. The van der Waals surface area contributed by atoms with Crippen molar-refractivity contribution in [1.82, 2.24) is 10.3 Å². The van der Waals surface area contributed by atoms with Gasteiger partial charge in [0.15, 0.2) is 5.96 Å². The third-order valence-electron chi connectivity index (χ3n) is 2.88. The van der Waals surface area contributed by atoms with Gasteiger partial charge in [-0.25, -0.2) is 0 Å². The number of benzene rings is 1. The van der Waals surface area contributed by atoms with Gasteiger partial charge in [-0.2, -0.15) is 0 Å². The normalized spacial score (nSPS) is 12.3. The molecule has 0 aliphatic rings. The van der Waals surface area contributed by atoms with Gasteiger partial charge >= 0.3 is 0 Å². The van der Waals surface area contributed by atoms with Crippen LogP contribution in [0.5, 0.6) is 0 Å². The van der Waals surface area contributed by atoms with E-state index in [1.54, 1.807) is 6.07 Å². The van der Waals surface area contributed by atoms with Gasteiger partial charge in [-0.05, 0) is 38.0 Å². The Hall–Kier alpha value is -1.39. The molecule has 1 heterocycles. The van der Waals surface area contributed by atoms with E-state index in [4.69, 9.17) is 28.9 Å². The van der Waals surface area contributed by atoms with Crippen molar-refractivity contribution in [2.45, 2.75) is 26.3 Å². The van der Waals surface area contributed by atoms with Crippen LogP contribution in [0, 0.1) is 0 Å². The Morgan fingerprint density at radius 1 is 1.40 bits per heavy atom. The molecule has 6 heteroatoms. The maximum atomic E-state index is 6.24. The molecule has 0 atom stereocenters. The van der Waals surface area contributed by atoms with Gasteiger partial charge in [0.2, 0.25) is 0 Å². The van der Waals surface area contributed by atoms with Gasteiger partial charge in [-0.15, -0.1) is 0 Å². The van der Waals surface area contributed by atoms with Crippen LogP contribution < -0.4 is 11.1 Å². The monoisotopic (exact) mass is 312 g/mol. The molecular weight excluding hydrogens is 295 g/mol. The largest absolute Gasteiger partial charge is 0.370 e. The van der Waals surface area contributed by atoms with Crippen LogP contribution in [0.25, 0.3) is 10.9 Å². The zero-order valence-electron chi connectivity index (χ0n) is 11.5. The summed E-state index contributed by atoms with van der Waals surface area (Å²) in [4.78, 5) is 7.47. The molecule has 0 spiro atoms. The standard InChI is InChI=1S/C14H18Cl2N4/c1-8(2)20-14(17)18-4-3-9-7-19-12-6-10(15)5-11(16)13(9)12/h5-8,19H,3-4H2,1-2H3,(H3,17,18,20). The fourth-order valence-electron chi connectivity index (χ4n) is 2.09. The second-order valence-electron chi connectivity index (χ2n) is 4.94. The first-order valence-corrected chi connectivity index (χ1v) is 7.24. The number of guanidine groups is 1. The molecule has 0 fully saturated rings. The third-order valence-corrected chi connectivity index (χ3v) is 3.39. The van der Waals surface area contributed by atoms with Crippen LogP contribution in [0.3, 0.4) is 0 Å². The lowest BCUT2D eigenvalue weighted by molar-refractivity contribution is 0.723. The molecule has 1 aromatic carbocycles. The minimum Gasteiger partial charge on any atom is -0.370 e. The molecule has 0 unspecified atom stereocenters. The number of halogens is 2. The average Bonchev–Trinajstić information content (AvgIpc) is 2.71. The van der Waals surface area contributed by atoms with Crippen LogP contribution in [0.15, 0.2) is 23.3 Å². The van der Waals surface area contributed by atoms with E-state index in [2.05, 4.69) is 15.3 Å². The molecule has 0 bridgehead atoms. The number of hydrogen-bond acceptors (Lipinski definition) is 1. The van der Waals surface area contributed by atoms with Crippen LogP contribution in [0.4, 0.5) is 0 Å². The van der Waals surface area contributed by atoms with Crippen molar-refractivity contribution in [1.29, 1.82) is 0 Å². The lowest BCUT2D eigenvalue weighted by atomic mass is 10.1. The summed E-state index contributed by atoms with van der Waals surface area (Å²) in [5, 5.41) is 5.33. The molecule has 0 amide bonds. The maximum Gasteiger partial charge on any atom is 0.188 e. The molecule has 108 valence electrons. The van der Waals surface area contributed by atoms with Crippen molar-refractivity contribution in [3.05, 3.63) is 33.9 Å². The summed E-state index contributed by atoms with van der Waals surface area (Å²) in [5.41, 5.74) is 7.82. The van der Waals surface area contributed by atoms with Crippen LogP contribution in [0.2, 0.25) is 10.0 Å². The maximum absolute atomic E-state index is 6.24. The highest BCUT2D eigenvalue weighted by atomic mass is 35.5. The fourth-order valence-corrected chi connectivity index (χ4v) is 2.70. The minimum atomic E-state index is 0.281. The first-order valence-electron chi connectivity index (χ1n) is 6.49. The van der Waals surface area contributed by atoms with Gasteiger partial charge in [0.1, 0.15) is 0 Å². The molecular formula is C14H18Cl2N4. The van der Waals surface area contributed by atoms with E-state index in [0.717, 1.165) is 22.9 Å². The Morgan fingerprint density at radius 2 is 2.15 bits per heavy atom. The number of aromatic amines is 1. The Kier molecular flexibility index (Phi) is 4.78. The Bertz CT molecular complexity index is 631. The van der Waals surface area contributed by atoms with E-state index < -0.39 is 0 Å². The highest BCUT2D eigenvalue weighted by Gasteiger charge is 2.08. The topological polar surface area (TPSA) is 66.2 Å². The van der Waals surface area contributed by atoms with E-state index in [1.807, 2.05) is 26.1 Å². The Balaban J connectivity index is 2.11. The highest BCUT2D eigenvalue weighted by Crippen LogP contribution is 2.30. The third kappa shape index (κ3) is 3.58. The number of rotatable bonds is 4. The fraction of sp³-hybridized carbons (Fsp3) is 0.357. The summed E-state index contributed by atoms with van der Waals surface area (Å²) in [7, 11) is 0. The summed E-state index contributed by atoms with van der Waals surface area (Å²) >= 11 is 12.2. The van der Waals surface area contributed by atoms with Gasteiger partial charge in [0.05, 0.1) is 5.02 Å². The van der Waals surface area contributed by atoms with E-state index in [0.29, 0.717) is 22.5 Å². The highest BCUT2D eigenvalue weighted by molar-refractivity contribution is 6.38. The van der Waals surface area contributed by atoms with Gasteiger partial charge in [0.25, 0.3) is 0 Å². The van der Waals surface area contributed by atoms with E-state index in [-0.39, 0.29) is 6.04 Å². The second kappa shape index (κ2) is 6.37. The van der Waals surface area contributed by atoms with Crippen molar-refractivity contribution < 1.29 is 0 Å². The lowest BCUT2D eigenvalue weighted by Gasteiger charge is -2.08. The van der Waals surface area contributed by atoms with Gasteiger partial charge in [-0.1, -0.05) is 23.2 Å². The number of nitrogens with one attached hydrogen (secondary N) is 2. The molecule has 2 rings (SSSR count). The summed E-state index contributed by atoms with van der Waals surface area (Å²) < 4.78 is 0. The van der Waals surface area contributed by atoms with Crippen molar-refractivity contribution in [2.24, 2.45) is 10.7 Å². The molecule has 0 aliphatic heterocycles. The second-order valence-corrected chi connectivity index (χ2v) is 5.78. The number of nitrogens with zero attached hydrogens (tertiary/aromatic N) is 1. The number of aromatic nitrogens is 1. The molecule has 20 heavy (non-hydrogen) atoms. The summed E-state index contributed by atoms with van der Waals surface area (Å²) in [6, 6.07) is 3.90. The van der Waals surface area contributed by atoms with Crippen molar-refractivity contribution >= 4 is 40.1 Å². The van der Waals surface area contributed by atoms with Crippen molar-refractivity contribution in [3.63, 3.8) is 0 Å². The van der Waals surface area contributed by atoms with Gasteiger partial charge < -0.3 is 16.0 Å². The number of nitrogens with two attached hydrogens (primary N) is 1. The zero-order chi connectivity index (χ0) is 14.7. The van der Waals surface area contributed by atoms with Crippen LogP contribution in [0.1, 0.15) is 19.4 Å².